The van der Waals surface area contributed by atoms with Gasteiger partial charge in [-0.2, -0.15) is 0 Å². The summed E-state index contributed by atoms with van der Waals surface area (Å²) in [5.41, 5.74) is 4.34. The van der Waals surface area contributed by atoms with E-state index < -0.39 is 0 Å². The summed E-state index contributed by atoms with van der Waals surface area (Å²) in [7, 11) is 2.00. The highest BCUT2D eigenvalue weighted by Gasteiger charge is 2.26. The molecule has 0 aliphatic carbocycles. The van der Waals surface area contributed by atoms with Gasteiger partial charge in [-0.05, 0) is 64.8 Å². The van der Waals surface area contributed by atoms with E-state index in [1.54, 1.807) is 0 Å². The first kappa shape index (κ1) is 21.5. The smallest absolute Gasteiger partial charge is 0.255 e. The lowest BCUT2D eigenvalue weighted by molar-refractivity contribution is 0.0690. The zero-order valence-corrected chi connectivity index (χ0v) is 17.7. The molecule has 3 rings (SSSR count). The fourth-order valence-corrected chi connectivity index (χ4v) is 4.27. The molecule has 1 aliphatic heterocycles. The molecule has 148 valence electrons. The first-order valence-electron chi connectivity index (χ1n) is 9.70. The van der Waals surface area contributed by atoms with Crippen molar-refractivity contribution in [1.82, 2.24) is 14.8 Å². The average Bonchev–Trinajstić information content (AvgIpc) is 2.96. The van der Waals surface area contributed by atoms with Crippen LogP contribution in [0.3, 0.4) is 0 Å². The van der Waals surface area contributed by atoms with Crippen LogP contribution in [-0.4, -0.2) is 42.1 Å². The Morgan fingerprint density at radius 3 is 2.41 bits per heavy atom. The maximum atomic E-state index is 13.1. The number of carbonyl (C=O) groups excluding carboxylic acids is 1. The van der Waals surface area contributed by atoms with E-state index in [1.807, 2.05) is 18.0 Å². The Hall–Kier alpha value is -1.78. The second kappa shape index (κ2) is 9.43. The van der Waals surface area contributed by atoms with Crippen LogP contribution in [0.4, 0.5) is 0 Å². The maximum Gasteiger partial charge on any atom is 0.255 e. The van der Waals surface area contributed by atoms with E-state index in [0.717, 1.165) is 49.4 Å². The third kappa shape index (κ3) is 4.56. The lowest BCUT2D eigenvalue weighted by Gasteiger charge is -2.32. The molecule has 1 aromatic heterocycles. The van der Waals surface area contributed by atoms with Crippen molar-refractivity contribution in [2.75, 3.05) is 26.7 Å². The summed E-state index contributed by atoms with van der Waals surface area (Å²) in [6.07, 6.45) is 2.18. The second-order valence-corrected chi connectivity index (χ2v) is 7.53. The lowest BCUT2D eigenvalue weighted by Crippen LogP contribution is -2.40. The molecule has 1 aliphatic rings. The molecule has 1 aromatic carbocycles. The molecule has 1 saturated heterocycles. The summed E-state index contributed by atoms with van der Waals surface area (Å²) in [6, 6.07) is 12.8. The molecular formula is C22H32ClN3O. The van der Waals surface area contributed by atoms with Crippen molar-refractivity contribution in [2.24, 2.45) is 5.92 Å². The van der Waals surface area contributed by atoms with Gasteiger partial charge in [-0.3, -0.25) is 4.79 Å². The molecule has 0 saturated carbocycles. The van der Waals surface area contributed by atoms with Crippen molar-refractivity contribution in [2.45, 2.75) is 39.7 Å². The largest absolute Gasteiger partial charge is 0.341 e. The molecule has 5 heteroatoms. The van der Waals surface area contributed by atoms with Crippen molar-refractivity contribution in [3.05, 3.63) is 58.9 Å². The maximum absolute atomic E-state index is 13.1. The monoisotopic (exact) mass is 389 g/mol. The molecule has 1 atom stereocenters. The van der Waals surface area contributed by atoms with E-state index in [-0.39, 0.29) is 24.4 Å². The Morgan fingerprint density at radius 1 is 1.19 bits per heavy atom. The third-order valence-corrected chi connectivity index (χ3v) is 5.78. The van der Waals surface area contributed by atoms with Gasteiger partial charge < -0.3 is 14.8 Å². The zero-order chi connectivity index (χ0) is 18.7. The number of amides is 1. The van der Waals surface area contributed by atoms with Gasteiger partial charge in [-0.1, -0.05) is 30.3 Å². The highest BCUT2D eigenvalue weighted by molar-refractivity contribution is 5.95. The van der Waals surface area contributed by atoms with Crippen LogP contribution < -0.4 is 5.32 Å². The molecule has 2 aromatic rings. The van der Waals surface area contributed by atoms with Crippen LogP contribution in [0.25, 0.3) is 0 Å². The number of halogens is 1. The average molecular weight is 390 g/mol. The molecule has 1 amide bonds. The van der Waals surface area contributed by atoms with Crippen molar-refractivity contribution in [3.8, 4) is 0 Å². The van der Waals surface area contributed by atoms with Crippen LogP contribution in [0.2, 0.25) is 0 Å². The van der Waals surface area contributed by atoms with E-state index in [4.69, 9.17) is 0 Å². The van der Waals surface area contributed by atoms with E-state index in [2.05, 4.69) is 61.0 Å². The van der Waals surface area contributed by atoms with E-state index >= 15 is 0 Å². The quantitative estimate of drug-likeness (QED) is 0.831. The zero-order valence-electron chi connectivity index (χ0n) is 16.9. The summed E-state index contributed by atoms with van der Waals surface area (Å²) in [4.78, 5) is 15.1. The number of nitrogens with zero attached hydrogens (tertiary/aromatic N) is 2. The van der Waals surface area contributed by atoms with Crippen LogP contribution in [0, 0.1) is 19.8 Å². The van der Waals surface area contributed by atoms with Crippen molar-refractivity contribution < 1.29 is 4.79 Å². The van der Waals surface area contributed by atoms with Crippen LogP contribution in [-0.2, 0) is 0 Å². The number of carbonyl (C=O) groups is 1. The molecule has 1 fully saturated rings. The van der Waals surface area contributed by atoms with Gasteiger partial charge in [0.1, 0.15) is 0 Å². The van der Waals surface area contributed by atoms with Gasteiger partial charge in [0, 0.05) is 24.5 Å². The summed E-state index contributed by atoms with van der Waals surface area (Å²) in [5, 5.41) is 3.25. The predicted octanol–water partition coefficient (Wildman–Crippen LogP) is 4.21. The minimum Gasteiger partial charge on any atom is -0.341 e. The summed E-state index contributed by atoms with van der Waals surface area (Å²) >= 11 is 0. The Morgan fingerprint density at radius 2 is 1.81 bits per heavy atom. The Balaban J connectivity index is 0.00000261. The minimum absolute atomic E-state index is 0. The normalized spacial score (nSPS) is 16.1. The highest BCUT2D eigenvalue weighted by atomic mass is 35.5. The Kier molecular flexibility index (Phi) is 7.51. The SMILES string of the molecule is CNCC1CCN(C(=O)c2cc(C)n(C(C)c3ccccc3)c2C)CC1.Cl. The van der Waals surface area contributed by atoms with Gasteiger partial charge in [0.15, 0.2) is 0 Å². The number of aromatic nitrogens is 1. The second-order valence-electron chi connectivity index (χ2n) is 7.53. The van der Waals surface area contributed by atoms with E-state index in [9.17, 15) is 4.79 Å². The van der Waals surface area contributed by atoms with E-state index in [1.165, 1.54) is 5.56 Å². The van der Waals surface area contributed by atoms with Crippen molar-refractivity contribution >= 4 is 18.3 Å². The first-order chi connectivity index (χ1) is 12.5. The van der Waals surface area contributed by atoms with Crippen LogP contribution in [0.1, 0.15) is 53.1 Å². The number of nitrogens with one attached hydrogen (secondary N) is 1. The molecule has 4 nitrogen and oxygen atoms in total. The van der Waals surface area contributed by atoms with Crippen molar-refractivity contribution in [3.63, 3.8) is 0 Å². The van der Waals surface area contributed by atoms with Gasteiger partial charge in [0.25, 0.3) is 5.91 Å². The number of aryl methyl sites for hydroxylation is 1. The fraction of sp³-hybridized carbons (Fsp3) is 0.500. The first-order valence-corrected chi connectivity index (χ1v) is 9.70. The summed E-state index contributed by atoms with van der Waals surface area (Å²) in [5.74, 6) is 0.877. The van der Waals surface area contributed by atoms with Gasteiger partial charge in [-0.25, -0.2) is 0 Å². The van der Waals surface area contributed by atoms with E-state index in [0.29, 0.717) is 5.92 Å². The topological polar surface area (TPSA) is 37.3 Å². The molecule has 0 spiro atoms. The number of benzene rings is 1. The number of hydrogen-bond donors (Lipinski definition) is 1. The molecule has 2 heterocycles. The summed E-state index contributed by atoms with van der Waals surface area (Å²) < 4.78 is 2.29. The molecule has 1 N–H and O–H groups in total. The van der Waals surface area contributed by atoms with Gasteiger partial charge >= 0.3 is 0 Å². The number of piperidine rings is 1. The minimum atomic E-state index is 0. The molecule has 0 bridgehead atoms. The number of rotatable bonds is 5. The van der Waals surface area contributed by atoms with Gasteiger partial charge in [0.05, 0.1) is 11.6 Å². The molecular weight excluding hydrogens is 358 g/mol. The standard InChI is InChI=1S/C22H31N3O.ClH/c1-16-14-21(22(26)24-12-10-19(11-13-24)15-23-4)18(3)25(16)17(2)20-8-6-5-7-9-20;/h5-9,14,17,19,23H,10-13,15H2,1-4H3;1H. The number of likely N-dealkylation sites (tertiary alicyclic amines) is 1. The number of hydrogen-bond acceptors (Lipinski definition) is 2. The fourth-order valence-electron chi connectivity index (χ4n) is 4.27. The predicted molar refractivity (Wildman–Crippen MR) is 114 cm³/mol. The highest BCUT2D eigenvalue weighted by Crippen LogP contribution is 2.27. The summed E-state index contributed by atoms with van der Waals surface area (Å²) in [6.45, 7) is 9.15. The Bertz CT molecular complexity index is 748. The molecule has 27 heavy (non-hydrogen) atoms. The van der Waals surface area contributed by atoms with Crippen LogP contribution in [0.5, 0.6) is 0 Å². The third-order valence-electron chi connectivity index (χ3n) is 5.78. The molecule has 1 unspecified atom stereocenters. The van der Waals surface area contributed by atoms with Gasteiger partial charge in [0.2, 0.25) is 0 Å². The lowest BCUT2D eigenvalue weighted by atomic mass is 9.96. The molecule has 0 radical (unpaired) electrons. The van der Waals surface area contributed by atoms with Crippen molar-refractivity contribution in [1.29, 1.82) is 0 Å². The van der Waals surface area contributed by atoms with Crippen LogP contribution >= 0.6 is 12.4 Å². The van der Waals surface area contributed by atoms with Gasteiger partial charge in [-0.15, -0.1) is 12.4 Å². The van der Waals surface area contributed by atoms with Crippen LogP contribution in [0.15, 0.2) is 36.4 Å². The Labute approximate surface area is 169 Å².